The molecule has 1 amide bonds. The Hall–Kier alpha value is -3.13. The van der Waals surface area contributed by atoms with Gasteiger partial charge in [0.2, 0.25) is 0 Å². The SMILES string of the molecule is O=C(O)N1CCC(CCc2noc3c(CO)c(OCc4ccc(F)cc4)ccc23)CC1. The number of piperidine rings is 1. The maximum Gasteiger partial charge on any atom is 0.407 e. The molecule has 4 rings (SSSR count). The van der Waals surface area contributed by atoms with Crippen LogP contribution < -0.4 is 4.74 Å². The normalized spacial score (nSPS) is 14.8. The van der Waals surface area contributed by atoms with Crippen LogP contribution >= 0.6 is 0 Å². The van der Waals surface area contributed by atoms with Crippen molar-refractivity contribution in [3.8, 4) is 5.75 Å². The molecule has 0 atom stereocenters. The number of amides is 1. The Bertz CT molecular complexity index is 1040. The number of ether oxygens (including phenoxy) is 1. The van der Waals surface area contributed by atoms with Crippen LogP contribution in [0.2, 0.25) is 0 Å². The fraction of sp³-hybridized carbons (Fsp3) is 0.391. The van der Waals surface area contributed by atoms with Crippen LogP contribution in [0.1, 0.15) is 36.1 Å². The Kier molecular flexibility index (Phi) is 6.36. The molecule has 2 heterocycles. The first-order valence-electron chi connectivity index (χ1n) is 10.4. The number of benzene rings is 2. The van der Waals surface area contributed by atoms with Gasteiger partial charge in [-0.25, -0.2) is 9.18 Å². The molecule has 0 spiro atoms. The van der Waals surface area contributed by atoms with Gasteiger partial charge in [0, 0.05) is 18.5 Å². The molecule has 2 N–H and O–H groups in total. The molecule has 31 heavy (non-hydrogen) atoms. The van der Waals surface area contributed by atoms with E-state index in [-0.39, 0.29) is 19.0 Å². The van der Waals surface area contributed by atoms with Crippen LogP contribution in [-0.2, 0) is 19.6 Å². The monoisotopic (exact) mass is 428 g/mol. The minimum atomic E-state index is -0.852. The van der Waals surface area contributed by atoms with Gasteiger partial charge in [0.1, 0.15) is 18.2 Å². The largest absolute Gasteiger partial charge is 0.488 e. The second-order valence-corrected chi connectivity index (χ2v) is 7.87. The van der Waals surface area contributed by atoms with Crippen LogP contribution in [0.25, 0.3) is 11.0 Å². The number of aliphatic hydroxyl groups excluding tert-OH is 1. The van der Waals surface area contributed by atoms with E-state index in [1.54, 1.807) is 18.2 Å². The second kappa shape index (κ2) is 9.34. The zero-order valence-electron chi connectivity index (χ0n) is 17.1. The molecule has 1 saturated heterocycles. The summed E-state index contributed by atoms with van der Waals surface area (Å²) in [6, 6.07) is 9.74. The van der Waals surface area contributed by atoms with Crippen molar-refractivity contribution in [1.29, 1.82) is 0 Å². The van der Waals surface area contributed by atoms with E-state index in [0.717, 1.165) is 42.3 Å². The van der Waals surface area contributed by atoms with Crippen molar-refractivity contribution in [2.75, 3.05) is 13.1 Å². The van der Waals surface area contributed by atoms with E-state index >= 15 is 0 Å². The molecule has 1 aliphatic heterocycles. The Balaban J connectivity index is 1.42. The third-order valence-corrected chi connectivity index (χ3v) is 5.92. The lowest BCUT2D eigenvalue weighted by Crippen LogP contribution is -2.37. The van der Waals surface area contributed by atoms with Crippen molar-refractivity contribution in [3.63, 3.8) is 0 Å². The van der Waals surface area contributed by atoms with Crippen LogP contribution in [0.3, 0.4) is 0 Å². The highest BCUT2D eigenvalue weighted by Gasteiger charge is 2.23. The number of carboxylic acid groups (broad SMARTS) is 1. The average Bonchev–Trinajstić information content (AvgIpc) is 3.20. The van der Waals surface area contributed by atoms with Gasteiger partial charge in [0.15, 0.2) is 5.58 Å². The Morgan fingerprint density at radius 3 is 2.61 bits per heavy atom. The number of rotatable bonds is 7. The molecular weight excluding hydrogens is 403 g/mol. The molecule has 1 aromatic heterocycles. The summed E-state index contributed by atoms with van der Waals surface area (Å²) >= 11 is 0. The van der Waals surface area contributed by atoms with E-state index in [0.29, 0.717) is 35.9 Å². The lowest BCUT2D eigenvalue weighted by molar-refractivity contribution is 0.123. The number of likely N-dealkylation sites (tertiary alicyclic amines) is 1. The molecule has 1 aliphatic rings. The van der Waals surface area contributed by atoms with Crippen molar-refractivity contribution in [2.45, 2.75) is 38.9 Å². The lowest BCUT2D eigenvalue weighted by Gasteiger charge is -2.29. The van der Waals surface area contributed by atoms with Crippen molar-refractivity contribution in [1.82, 2.24) is 10.1 Å². The first kappa shape index (κ1) is 21.1. The molecule has 164 valence electrons. The summed E-state index contributed by atoms with van der Waals surface area (Å²) in [4.78, 5) is 12.5. The number of aryl methyl sites for hydroxylation is 1. The van der Waals surface area contributed by atoms with E-state index in [1.165, 1.54) is 17.0 Å². The number of hydrogen-bond donors (Lipinski definition) is 2. The summed E-state index contributed by atoms with van der Waals surface area (Å²) in [5, 5.41) is 24.0. The molecule has 7 nitrogen and oxygen atoms in total. The molecule has 0 bridgehead atoms. The molecule has 3 aromatic rings. The number of aromatic nitrogens is 1. The number of halogens is 1. The van der Waals surface area contributed by atoms with Gasteiger partial charge in [0.25, 0.3) is 0 Å². The van der Waals surface area contributed by atoms with Crippen LogP contribution in [0, 0.1) is 11.7 Å². The van der Waals surface area contributed by atoms with Crippen LogP contribution in [0.15, 0.2) is 40.9 Å². The maximum atomic E-state index is 13.1. The van der Waals surface area contributed by atoms with Gasteiger partial charge in [-0.15, -0.1) is 0 Å². The van der Waals surface area contributed by atoms with Gasteiger partial charge in [0.05, 0.1) is 17.9 Å². The van der Waals surface area contributed by atoms with Crippen molar-refractivity contribution < 1.29 is 28.7 Å². The van der Waals surface area contributed by atoms with Crippen LogP contribution in [0.5, 0.6) is 5.75 Å². The van der Waals surface area contributed by atoms with Gasteiger partial charge in [-0.3, -0.25) is 0 Å². The van der Waals surface area contributed by atoms with E-state index in [2.05, 4.69) is 5.16 Å². The molecule has 0 unspecified atom stereocenters. The highest BCUT2D eigenvalue weighted by molar-refractivity contribution is 5.84. The van der Waals surface area contributed by atoms with Gasteiger partial charge in [-0.1, -0.05) is 17.3 Å². The predicted octanol–water partition coefficient (Wildman–Crippen LogP) is 4.36. The summed E-state index contributed by atoms with van der Waals surface area (Å²) < 4.78 is 24.4. The van der Waals surface area contributed by atoms with Gasteiger partial charge < -0.3 is 24.4 Å². The summed E-state index contributed by atoms with van der Waals surface area (Å²) in [5.74, 6) is 0.656. The van der Waals surface area contributed by atoms with Gasteiger partial charge >= 0.3 is 6.09 Å². The zero-order chi connectivity index (χ0) is 21.8. The van der Waals surface area contributed by atoms with Crippen molar-refractivity contribution >= 4 is 17.1 Å². The molecule has 2 aromatic carbocycles. The minimum Gasteiger partial charge on any atom is -0.488 e. The van der Waals surface area contributed by atoms with Crippen molar-refractivity contribution in [2.24, 2.45) is 5.92 Å². The summed E-state index contributed by atoms with van der Waals surface area (Å²) in [7, 11) is 0. The molecule has 0 aliphatic carbocycles. The number of carbonyl (C=O) groups is 1. The number of aliphatic hydroxyl groups is 1. The van der Waals surface area contributed by atoms with Crippen LogP contribution in [0.4, 0.5) is 9.18 Å². The first-order chi connectivity index (χ1) is 15.0. The lowest BCUT2D eigenvalue weighted by atomic mass is 9.91. The maximum absolute atomic E-state index is 13.1. The smallest absolute Gasteiger partial charge is 0.407 e. The third-order valence-electron chi connectivity index (χ3n) is 5.92. The quantitative estimate of drug-likeness (QED) is 0.581. The molecule has 0 radical (unpaired) electrons. The second-order valence-electron chi connectivity index (χ2n) is 7.87. The number of hydrogen-bond acceptors (Lipinski definition) is 5. The fourth-order valence-electron chi connectivity index (χ4n) is 4.05. The first-order valence-corrected chi connectivity index (χ1v) is 10.4. The van der Waals surface area contributed by atoms with Crippen LogP contribution in [-0.4, -0.2) is 39.5 Å². The zero-order valence-corrected chi connectivity index (χ0v) is 17.1. The molecule has 0 saturated carbocycles. The molecule has 8 heteroatoms. The van der Waals surface area contributed by atoms with Crippen molar-refractivity contribution in [3.05, 3.63) is 59.0 Å². The predicted molar refractivity (Wildman–Crippen MR) is 111 cm³/mol. The Morgan fingerprint density at radius 1 is 1.19 bits per heavy atom. The van der Waals surface area contributed by atoms with Gasteiger partial charge in [-0.2, -0.15) is 0 Å². The topological polar surface area (TPSA) is 96.0 Å². The minimum absolute atomic E-state index is 0.245. The summed E-state index contributed by atoms with van der Waals surface area (Å²) in [6.45, 7) is 1.14. The van der Waals surface area contributed by atoms with Gasteiger partial charge in [-0.05, 0) is 61.4 Å². The standard InChI is InChI=1S/C23H25FN2O5/c24-17-4-1-16(2-5-17)14-30-21-8-6-18-20(25-31-22(18)19(21)13-27)7-3-15-9-11-26(12-10-15)23(28)29/h1-2,4-6,8,15,27H,3,7,9-14H2,(H,28,29). The fourth-order valence-corrected chi connectivity index (χ4v) is 4.05. The Morgan fingerprint density at radius 2 is 1.94 bits per heavy atom. The Labute approximate surface area is 179 Å². The number of nitrogens with zero attached hydrogens (tertiary/aromatic N) is 2. The molecular formula is C23H25FN2O5. The average molecular weight is 428 g/mol. The number of fused-ring (bicyclic) bond motifs is 1. The van der Waals surface area contributed by atoms with E-state index in [4.69, 9.17) is 14.4 Å². The summed E-state index contributed by atoms with van der Waals surface area (Å²) in [6.07, 6.45) is 2.49. The highest BCUT2D eigenvalue weighted by Crippen LogP contribution is 2.32. The van der Waals surface area contributed by atoms with E-state index < -0.39 is 6.09 Å². The van der Waals surface area contributed by atoms with E-state index in [1.807, 2.05) is 6.07 Å². The third kappa shape index (κ3) is 4.80. The molecule has 1 fully saturated rings. The van der Waals surface area contributed by atoms with E-state index in [9.17, 15) is 14.3 Å². The highest BCUT2D eigenvalue weighted by atomic mass is 19.1. The summed E-state index contributed by atoms with van der Waals surface area (Å²) in [5.41, 5.74) is 2.69.